The van der Waals surface area contributed by atoms with Crippen LogP contribution in [0.15, 0.2) is 0 Å². The van der Waals surface area contributed by atoms with Crippen molar-refractivity contribution in [1.29, 1.82) is 0 Å². The molecule has 1 aliphatic heterocycles. The van der Waals surface area contributed by atoms with Gasteiger partial charge in [-0.3, -0.25) is 0 Å². The third-order valence-electron chi connectivity index (χ3n) is 2.66. The van der Waals surface area contributed by atoms with E-state index in [0.717, 1.165) is 60.7 Å². The molecular formula is C11H22N2OS4. The van der Waals surface area contributed by atoms with Gasteiger partial charge < -0.3 is 9.80 Å². The van der Waals surface area contributed by atoms with Gasteiger partial charge in [-0.1, -0.05) is 0 Å². The number of rotatable bonds is 10. The van der Waals surface area contributed by atoms with Crippen LogP contribution >= 0.6 is 48.8 Å². The lowest BCUT2D eigenvalue weighted by atomic mass is 10.5. The molecule has 0 aromatic carbocycles. The Balaban J connectivity index is 2.12. The van der Waals surface area contributed by atoms with Crippen LogP contribution in [0.4, 0.5) is 4.79 Å². The highest BCUT2D eigenvalue weighted by atomic mass is 32.2. The molecule has 18 heavy (non-hydrogen) atoms. The molecule has 1 heterocycles. The number of hydrogen-bond donors (Lipinski definition) is 2. The molecule has 0 N–H and O–H groups in total. The minimum atomic E-state index is 0.216. The number of hydrogen-bond acceptors (Lipinski definition) is 5. The molecule has 7 heteroatoms. The van der Waals surface area contributed by atoms with E-state index in [1.165, 1.54) is 0 Å². The van der Waals surface area contributed by atoms with Crippen molar-refractivity contribution in [3.05, 3.63) is 0 Å². The van der Waals surface area contributed by atoms with Gasteiger partial charge in [0.05, 0.1) is 0 Å². The minimum absolute atomic E-state index is 0.216. The minimum Gasteiger partial charge on any atom is -0.322 e. The van der Waals surface area contributed by atoms with Crippen molar-refractivity contribution < 1.29 is 4.79 Å². The van der Waals surface area contributed by atoms with Crippen LogP contribution in [0.1, 0.15) is 0 Å². The fourth-order valence-electron chi connectivity index (χ4n) is 1.73. The van der Waals surface area contributed by atoms with E-state index in [4.69, 9.17) is 0 Å². The summed E-state index contributed by atoms with van der Waals surface area (Å²) in [6, 6.07) is 0.216. The van der Waals surface area contributed by atoms with Crippen LogP contribution < -0.4 is 0 Å². The highest BCUT2D eigenvalue weighted by Gasteiger charge is 2.27. The lowest BCUT2D eigenvalue weighted by Gasteiger charge is -2.18. The normalized spacial score (nSPS) is 15.8. The van der Waals surface area contributed by atoms with Crippen LogP contribution in [-0.2, 0) is 0 Å². The van der Waals surface area contributed by atoms with Crippen LogP contribution in [0.25, 0.3) is 0 Å². The van der Waals surface area contributed by atoms with E-state index in [1.807, 2.05) is 33.3 Å². The van der Waals surface area contributed by atoms with Crippen molar-refractivity contribution in [3.8, 4) is 0 Å². The summed E-state index contributed by atoms with van der Waals surface area (Å²) in [5.41, 5.74) is 0. The first-order chi connectivity index (χ1) is 8.79. The predicted octanol–water partition coefficient (Wildman–Crippen LogP) is 2.05. The van der Waals surface area contributed by atoms with Gasteiger partial charge in [-0.25, -0.2) is 4.79 Å². The molecule has 0 saturated carbocycles. The molecule has 2 amide bonds. The molecule has 1 fully saturated rings. The second-order valence-corrected chi connectivity index (χ2v) is 7.27. The van der Waals surface area contributed by atoms with Crippen LogP contribution in [0, 0.1) is 0 Å². The van der Waals surface area contributed by atoms with E-state index in [9.17, 15) is 4.79 Å². The first-order valence-electron chi connectivity index (χ1n) is 6.20. The molecule has 0 aromatic heterocycles. The molecule has 1 rings (SSSR count). The molecule has 1 saturated heterocycles. The van der Waals surface area contributed by atoms with Crippen LogP contribution in [0.3, 0.4) is 0 Å². The second-order valence-electron chi connectivity index (χ2n) is 3.93. The summed E-state index contributed by atoms with van der Waals surface area (Å²) in [5.74, 6) is 5.99. The molecule has 106 valence electrons. The fourth-order valence-corrected chi connectivity index (χ4v) is 3.87. The Hall–Kier alpha value is 0.670. The van der Waals surface area contributed by atoms with Gasteiger partial charge in [-0.15, -0.1) is 0 Å². The van der Waals surface area contributed by atoms with Crippen molar-refractivity contribution in [2.45, 2.75) is 0 Å². The van der Waals surface area contributed by atoms with Crippen LogP contribution in [0.5, 0.6) is 0 Å². The van der Waals surface area contributed by atoms with Gasteiger partial charge in [0.15, 0.2) is 0 Å². The number of carbonyl (C=O) groups excluding carboxylic acids is 1. The molecule has 0 radical (unpaired) electrons. The van der Waals surface area contributed by atoms with E-state index in [2.05, 4.69) is 25.3 Å². The average Bonchev–Trinajstić information content (AvgIpc) is 2.72. The number of thioether (sulfide) groups is 2. The predicted molar refractivity (Wildman–Crippen MR) is 90.9 cm³/mol. The summed E-state index contributed by atoms with van der Waals surface area (Å²) in [6.45, 7) is 3.52. The fraction of sp³-hybridized carbons (Fsp3) is 0.909. The lowest BCUT2D eigenvalue weighted by molar-refractivity contribution is 0.196. The Kier molecular flexibility index (Phi) is 9.72. The number of nitrogens with zero attached hydrogens (tertiary/aromatic N) is 2. The third-order valence-corrected chi connectivity index (χ3v) is 5.64. The maximum Gasteiger partial charge on any atom is 0.320 e. The van der Waals surface area contributed by atoms with Crippen molar-refractivity contribution >= 4 is 54.8 Å². The topological polar surface area (TPSA) is 23.6 Å². The summed E-state index contributed by atoms with van der Waals surface area (Å²) in [4.78, 5) is 16.0. The molecule has 3 nitrogen and oxygen atoms in total. The van der Waals surface area contributed by atoms with Gasteiger partial charge in [0.1, 0.15) is 0 Å². The highest BCUT2D eigenvalue weighted by molar-refractivity contribution is 8.00. The Morgan fingerprint density at radius 1 is 0.889 bits per heavy atom. The number of amides is 2. The maximum atomic E-state index is 12.0. The molecule has 0 bridgehead atoms. The Labute approximate surface area is 130 Å². The SMILES string of the molecule is O=C1N(CCSCCS)CCN1CCSCCS. The Morgan fingerprint density at radius 2 is 1.33 bits per heavy atom. The molecular weight excluding hydrogens is 304 g/mol. The van der Waals surface area contributed by atoms with Crippen molar-refractivity contribution in [1.82, 2.24) is 9.80 Å². The monoisotopic (exact) mass is 326 g/mol. The summed E-state index contributed by atoms with van der Waals surface area (Å²) in [5, 5.41) is 0. The quantitative estimate of drug-likeness (QED) is 0.474. The molecule has 0 aliphatic carbocycles. The average molecular weight is 327 g/mol. The summed E-state index contributed by atoms with van der Waals surface area (Å²) in [7, 11) is 0. The molecule has 0 unspecified atom stereocenters. The largest absolute Gasteiger partial charge is 0.322 e. The van der Waals surface area contributed by atoms with Gasteiger partial charge in [0, 0.05) is 49.2 Å². The first kappa shape index (κ1) is 16.7. The summed E-state index contributed by atoms with van der Waals surface area (Å²) < 4.78 is 0. The summed E-state index contributed by atoms with van der Waals surface area (Å²) >= 11 is 12.1. The van der Waals surface area contributed by atoms with Crippen molar-refractivity contribution in [3.63, 3.8) is 0 Å². The second kappa shape index (κ2) is 10.5. The highest BCUT2D eigenvalue weighted by Crippen LogP contribution is 2.12. The van der Waals surface area contributed by atoms with Crippen molar-refractivity contribution in [2.24, 2.45) is 0 Å². The van der Waals surface area contributed by atoms with E-state index >= 15 is 0 Å². The van der Waals surface area contributed by atoms with Crippen molar-refractivity contribution in [2.75, 3.05) is 60.7 Å². The molecule has 0 aromatic rings. The maximum absolute atomic E-state index is 12.0. The van der Waals surface area contributed by atoms with E-state index < -0.39 is 0 Å². The standard InChI is InChI=1S/C11H22N2OS4/c14-11-12(3-7-17-9-5-15)1-2-13(11)4-8-18-10-6-16/h15-16H,1-10H2. The number of carbonyl (C=O) groups is 1. The van der Waals surface area contributed by atoms with Crippen LogP contribution in [-0.4, -0.2) is 76.5 Å². The zero-order valence-corrected chi connectivity index (χ0v) is 14.0. The first-order valence-corrected chi connectivity index (χ1v) is 9.78. The number of thiol groups is 2. The Morgan fingerprint density at radius 3 is 1.72 bits per heavy atom. The summed E-state index contributed by atoms with van der Waals surface area (Å²) in [6.07, 6.45) is 0. The van der Waals surface area contributed by atoms with Gasteiger partial charge in [0.25, 0.3) is 0 Å². The van der Waals surface area contributed by atoms with E-state index in [0.29, 0.717) is 0 Å². The molecule has 0 atom stereocenters. The Bertz CT molecular complexity index is 221. The number of urea groups is 1. The third kappa shape index (κ3) is 6.21. The molecule has 1 aliphatic rings. The van der Waals surface area contributed by atoms with Gasteiger partial charge in [-0.2, -0.15) is 48.8 Å². The molecule has 0 spiro atoms. The zero-order valence-electron chi connectivity index (χ0n) is 10.6. The van der Waals surface area contributed by atoms with Crippen LogP contribution in [0.2, 0.25) is 0 Å². The smallest absolute Gasteiger partial charge is 0.320 e. The van der Waals surface area contributed by atoms with E-state index in [1.54, 1.807) is 0 Å². The van der Waals surface area contributed by atoms with Gasteiger partial charge in [0.2, 0.25) is 0 Å². The van der Waals surface area contributed by atoms with Gasteiger partial charge >= 0.3 is 6.03 Å². The lowest BCUT2D eigenvalue weighted by Crippen LogP contribution is -2.34. The van der Waals surface area contributed by atoms with E-state index in [-0.39, 0.29) is 6.03 Å². The van der Waals surface area contributed by atoms with Gasteiger partial charge in [-0.05, 0) is 11.5 Å². The zero-order chi connectivity index (χ0) is 13.2.